The van der Waals surface area contributed by atoms with E-state index in [1.54, 1.807) is 13.8 Å². The molecule has 0 spiro atoms. The van der Waals surface area contributed by atoms with Gasteiger partial charge in [-0.15, -0.1) is 0 Å². The first kappa shape index (κ1) is 11.6. The summed E-state index contributed by atoms with van der Waals surface area (Å²) in [4.78, 5) is 11.2. The van der Waals surface area contributed by atoms with Gasteiger partial charge < -0.3 is 5.11 Å². The summed E-state index contributed by atoms with van der Waals surface area (Å²) < 4.78 is -1.40. The molecule has 1 rings (SSSR count). The summed E-state index contributed by atoms with van der Waals surface area (Å²) in [6.07, 6.45) is -0.761. The van der Waals surface area contributed by atoms with Gasteiger partial charge in [-0.2, -0.15) is 0 Å². The molecule has 0 radical (unpaired) electrons. The van der Waals surface area contributed by atoms with Gasteiger partial charge in [-0.1, -0.05) is 48.7 Å². The van der Waals surface area contributed by atoms with Crippen molar-refractivity contribution in [3.63, 3.8) is 0 Å². The van der Waals surface area contributed by atoms with E-state index in [9.17, 15) is 9.90 Å². The predicted octanol–water partition coefficient (Wildman–Crippen LogP) is 2.33. The molecule has 5 heteroatoms. The molecule has 2 atom stereocenters. The number of alkyl halides is 3. The van der Waals surface area contributed by atoms with Gasteiger partial charge in [-0.3, -0.25) is 4.79 Å². The van der Waals surface area contributed by atoms with E-state index in [2.05, 4.69) is 0 Å². The number of Topliss-reactive ketones (excluding diaryl/α,β-unsaturated/α-hetero) is 1. The number of ketones is 1. The first-order valence-corrected chi connectivity index (χ1v) is 5.09. The van der Waals surface area contributed by atoms with Crippen LogP contribution in [0.3, 0.4) is 0 Å². The lowest BCUT2D eigenvalue weighted by molar-refractivity contribution is -0.164. The molecule has 0 aromatic rings. The molecule has 0 aliphatic heterocycles. The fourth-order valence-corrected chi connectivity index (χ4v) is 2.16. The Kier molecular flexibility index (Phi) is 2.91. The number of carbonyl (C=O) groups is 1. The van der Waals surface area contributed by atoms with Crippen LogP contribution in [-0.2, 0) is 4.79 Å². The maximum atomic E-state index is 11.2. The van der Waals surface area contributed by atoms with E-state index in [1.807, 2.05) is 0 Å². The Balaban J connectivity index is 2.68. The average molecular weight is 246 g/mol. The quantitative estimate of drug-likeness (QED) is 0.720. The van der Waals surface area contributed by atoms with Crippen molar-refractivity contribution in [1.82, 2.24) is 0 Å². The summed E-state index contributed by atoms with van der Waals surface area (Å²) in [7, 11) is 0. The van der Waals surface area contributed by atoms with E-state index in [4.69, 9.17) is 34.8 Å². The van der Waals surface area contributed by atoms with Gasteiger partial charge in [0.25, 0.3) is 0 Å². The molecule has 1 fully saturated rings. The summed E-state index contributed by atoms with van der Waals surface area (Å²) in [5.74, 6) is -0.431. The van der Waals surface area contributed by atoms with Crippen LogP contribution in [0.1, 0.15) is 20.3 Å². The normalized spacial score (nSPS) is 32.9. The number of halogens is 3. The van der Waals surface area contributed by atoms with E-state index < -0.39 is 15.3 Å². The van der Waals surface area contributed by atoms with Crippen LogP contribution < -0.4 is 0 Å². The monoisotopic (exact) mass is 244 g/mol. The zero-order valence-electron chi connectivity index (χ0n) is 7.35. The topological polar surface area (TPSA) is 37.3 Å². The van der Waals surface area contributed by atoms with Gasteiger partial charge in [-0.05, 0) is 0 Å². The van der Waals surface area contributed by atoms with Crippen LogP contribution in [0, 0.1) is 11.3 Å². The third-order valence-electron chi connectivity index (χ3n) is 2.66. The SMILES string of the molecule is CC1(C)C(=O)C(O)C1CC(Cl)(Cl)Cl. The van der Waals surface area contributed by atoms with Crippen molar-refractivity contribution in [2.75, 3.05) is 0 Å². The zero-order chi connectivity index (χ0) is 10.4. The number of aliphatic hydroxyl groups is 1. The minimum absolute atomic E-state index is 0.174. The Morgan fingerprint density at radius 2 is 1.92 bits per heavy atom. The first-order chi connectivity index (χ1) is 5.66. The molecule has 0 bridgehead atoms. The highest BCUT2D eigenvalue weighted by atomic mass is 35.6. The summed E-state index contributed by atoms with van der Waals surface area (Å²) in [6.45, 7) is 3.51. The van der Waals surface area contributed by atoms with Crippen LogP contribution in [0.15, 0.2) is 0 Å². The molecular formula is C8H11Cl3O2. The van der Waals surface area contributed by atoms with Crippen LogP contribution in [0.25, 0.3) is 0 Å². The molecule has 1 N–H and O–H groups in total. The Bertz CT molecular complexity index is 232. The summed E-state index contributed by atoms with van der Waals surface area (Å²) in [5, 5.41) is 9.35. The van der Waals surface area contributed by atoms with Crippen LogP contribution in [0.5, 0.6) is 0 Å². The largest absolute Gasteiger partial charge is 0.385 e. The van der Waals surface area contributed by atoms with Crippen molar-refractivity contribution < 1.29 is 9.90 Å². The molecule has 0 heterocycles. The minimum Gasteiger partial charge on any atom is -0.385 e. The number of hydrogen-bond donors (Lipinski definition) is 1. The Hall–Kier alpha value is 0.500. The lowest BCUT2D eigenvalue weighted by Gasteiger charge is -2.47. The molecule has 0 aromatic heterocycles. The third kappa shape index (κ3) is 2.12. The van der Waals surface area contributed by atoms with Gasteiger partial charge >= 0.3 is 0 Å². The van der Waals surface area contributed by atoms with Crippen molar-refractivity contribution in [3.05, 3.63) is 0 Å². The Morgan fingerprint density at radius 3 is 2.23 bits per heavy atom. The first-order valence-electron chi connectivity index (χ1n) is 3.95. The fourth-order valence-electron chi connectivity index (χ4n) is 1.66. The molecular weight excluding hydrogens is 234 g/mol. The standard InChI is InChI=1S/C8H11Cl3O2/c1-7(2)4(3-8(9,10)11)5(12)6(7)13/h4-5,12H,3H2,1-2H3. The minimum atomic E-state index is -1.40. The van der Waals surface area contributed by atoms with Gasteiger partial charge in [0, 0.05) is 17.8 Å². The van der Waals surface area contributed by atoms with E-state index in [0.717, 1.165) is 0 Å². The van der Waals surface area contributed by atoms with Gasteiger partial charge in [0.15, 0.2) is 9.58 Å². The predicted molar refractivity (Wildman–Crippen MR) is 53.2 cm³/mol. The van der Waals surface area contributed by atoms with E-state index in [0.29, 0.717) is 0 Å². The fraction of sp³-hybridized carbons (Fsp3) is 0.875. The average Bonchev–Trinajstić information content (AvgIpc) is 1.96. The van der Waals surface area contributed by atoms with Gasteiger partial charge in [-0.25, -0.2) is 0 Å². The van der Waals surface area contributed by atoms with Gasteiger partial charge in [0.05, 0.1) is 0 Å². The van der Waals surface area contributed by atoms with Crippen LogP contribution >= 0.6 is 34.8 Å². The van der Waals surface area contributed by atoms with Crippen LogP contribution in [0.2, 0.25) is 0 Å². The van der Waals surface area contributed by atoms with Crippen molar-refractivity contribution in [3.8, 4) is 0 Å². The molecule has 2 unspecified atom stereocenters. The second-order valence-electron chi connectivity index (χ2n) is 3.96. The number of hydrogen-bond acceptors (Lipinski definition) is 2. The number of rotatable bonds is 1. The Labute approximate surface area is 92.2 Å². The van der Waals surface area contributed by atoms with Crippen LogP contribution in [0.4, 0.5) is 0 Å². The summed E-state index contributed by atoms with van der Waals surface area (Å²) in [5.41, 5.74) is -0.566. The highest BCUT2D eigenvalue weighted by Crippen LogP contribution is 2.49. The molecule has 1 saturated carbocycles. The smallest absolute Gasteiger partial charge is 0.191 e. The van der Waals surface area contributed by atoms with Gasteiger partial charge in [0.2, 0.25) is 0 Å². The third-order valence-corrected chi connectivity index (χ3v) is 3.13. The summed E-state index contributed by atoms with van der Waals surface area (Å²) in [6, 6.07) is 0. The molecule has 1 aliphatic rings. The van der Waals surface area contributed by atoms with E-state index >= 15 is 0 Å². The second-order valence-corrected chi connectivity index (χ2v) is 6.47. The lowest BCUT2D eigenvalue weighted by atomic mass is 9.58. The highest BCUT2D eigenvalue weighted by molar-refractivity contribution is 6.67. The number of carbonyl (C=O) groups excluding carboxylic acids is 1. The lowest BCUT2D eigenvalue weighted by Crippen LogP contribution is -2.59. The maximum absolute atomic E-state index is 11.2. The molecule has 2 nitrogen and oxygen atoms in total. The van der Waals surface area contributed by atoms with Gasteiger partial charge in [0.1, 0.15) is 6.10 Å². The second kappa shape index (κ2) is 3.27. The van der Waals surface area contributed by atoms with Crippen molar-refractivity contribution in [1.29, 1.82) is 0 Å². The van der Waals surface area contributed by atoms with Crippen molar-refractivity contribution in [2.45, 2.75) is 30.2 Å². The molecule has 0 amide bonds. The Morgan fingerprint density at radius 1 is 1.46 bits per heavy atom. The van der Waals surface area contributed by atoms with Crippen molar-refractivity contribution >= 4 is 40.6 Å². The molecule has 1 aliphatic carbocycles. The summed E-state index contributed by atoms with van der Waals surface area (Å²) >= 11 is 16.8. The van der Waals surface area contributed by atoms with Crippen LogP contribution in [-0.4, -0.2) is 20.8 Å². The van der Waals surface area contributed by atoms with E-state index in [1.165, 1.54) is 0 Å². The molecule has 13 heavy (non-hydrogen) atoms. The van der Waals surface area contributed by atoms with Crippen molar-refractivity contribution in [2.24, 2.45) is 11.3 Å². The molecule has 76 valence electrons. The zero-order valence-corrected chi connectivity index (χ0v) is 9.62. The van der Waals surface area contributed by atoms with E-state index in [-0.39, 0.29) is 18.1 Å². The highest BCUT2D eigenvalue weighted by Gasteiger charge is 2.56. The maximum Gasteiger partial charge on any atom is 0.191 e. The molecule has 0 aromatic carbocycles. The molecule has 0 saturated heterocycles. The number of aliphatic hydroxyl groups excluding tert-OH is 1.